The summed E-state index contributed by atoms with van der Waals surface area (Å²) >= 11 is 0. The van der Waals surface area contributed by atoms with Crippen molar-refractivity contribution in [3.05, 3.63) is 48.0 Å². The lowest BCUT2D eigenvalue weighted by molar-refractivity contribution is -0.138. The van der Waals surface area contributed by atoms with Crippen LogP contribution in [0.2, 0.25) is 0 Å². The van der Waals surface area contributed by atoms with Gasteiger partial charge in [0.15, 0.2) is 0 Å². The third kappa shape index (κ3) is 5.18. The van der Waals surface area contributed by atoms with Gasteiger partial charge in [-0.15, -0.1) is 0 Å². The molecule has 1 unspecified atom stereocenters. The normalized spacial score (nSPS) is 20.7. The third-order valence-electron chi connectivity index (χ3n) is 5.12. The maximum atomic E-state index is 12.7. The molecule has 1 atom stereocenters. The molecule has 0 N–H and O–H groups in total. The molecule has 140 valence electrons. The number of carbonyl (C=O) groups excluding carboxylic acids is 2. The predicted octanol–water partition coefficient (Wildman–Crippen LogP) is 2.62. The Balaban J connectivity index is 1.43. The molecule has 5 heteroatoms. The highest BCUT2D eigenvalue weighted by Crippen LogP contribution is 2.21. The molecule has 0 aromatic heterocycles. The minimum absolute atomic E-state index is 0.0100. The van der Waals surface area contributed by atoms with E-state index in [1.807, 2.05) is 40.1 Å². The van der Waals surface area contributed by atoms with Crippen molar-refractivity contribution in [1.29, 1.82) is 0 Å². The average molecular weight is 356 g/mol. The lowest BCUT2D eigenvalue weighted by Gasteiger charge is -2.27. The second kappa shape index (κ2) is 9.53. The van der Waals surface area contributed by atoms with Crippen LogP contribution in [0.4, 0.5) is 0 Å². The van der Waals surface area contributed by atoms with Crippen molar-refractivity contribution in [2.45, 2.75) is 32.3 Å². The summed E-state index contributed by atoms with van der Waals surface area (Å²) in [6.07, 6.45) is 7.89. The van der Waals surface area contributed by atoms with Crippen LogP contribution in [0.1, 0.15) is 31.2 Å². The lowest BCUT2D eigenvalue weighted by Crippen LogP contribution is -2.41. The van der Waals surface area contributed by atoms with E-state index in [-0.39, 0.29) is 24.3 Å². The minimum atomic E-state index is 0.0100. The van der Waals surface area contributed by atoms with Crippen molar-refractivity contribution >= 4 is 11.8 Å². The molecule has 0 bridgehead atoms. The van der Waals surface area contributed by atoms with Crippen molar-refractivity contribution in [2.24, 2.45) is 5.92 Å². The first-order valence-corrected chi connectivity index (χ1v) is 9.57. The molecule has 1 heterocycles. The van der Waals surface area contributed by atoms with E-state index in [1.165, 1.54) is 0 Å². The molecule has 1 aromatic carbocycles. The average Bonchev–Trinajstić information content (AvgIpc) is 2.95. The van der Waals surface area contributed by atoms with E-state index < -0.39 is 0 Å². The highest BCUT2D eigenvalue weighted by molar-refractivity contribution is 5.80. The Bertz CT molecular complexity index is 629. The van der Waals surface area contributed by atoms with Crippen molar-refractivity contribution in [1.82, 2.24) is 9.80 Å². The monoisotopic (exact) mass is 356 g/mol. The fourth-order valence-electron chi connectivity index (χ4n) is 3.59. The summed E-state index contributed by atoms with van der Waals surface area (Å²) in [4.78, 5) is 28.9. The Labute approximate surface area is 155 Å². The second-order valence-electron chi connectivity index (χ2n) is 7.02. The van der Waals surface area contributed by atoms with Crippen LogP contribution in [0.3, 0.4) is 0 Å². The van der Waals surface area contributed by atoms with Crippen molar-refractivity contribution in [3.8, 4) is 0 Å². The number of rotatable bonds is 5. The number of hydrogen-bond donors (Lipinski definition) is 0. The molecule has 1 aliphatic heterocycles. The van der Waals surface area contributed by atoms with Crippen LogP contribution in [0.25, 0.3) is 0 Å². The highest BCUT2D eigenvalue weighted by atomic mass is 16.5. The number of benzene rings is 1. The van der Waals surface area contributed by atoms with Crippen LogP contribution >= 0.6 is 0 Å². The summed E-state index contributed by atoms with van der Waals surface area (Å²) in [7, 11) is 0. The van der Waals surface area contributed by atoms with Gasteiger partial charge in [-0.3, -0.25) is 9.59 Å². The van der Waals surface area contributed by atoms with Gasteiger partial charge in [-0.2, -0.15) is 0 Å². The predicted molar refractivity (Wildman–Crippen MR) is 100 cm³/mol. The topological polar surface area (TPSA) is 49.9 Å². The number of ether oxygens (including phenoxy) is 1. The molecule has 1 aromatic rings. The smallest absolute Gasteiger partial charge is 0.248 e. The molecule has 1 saturated heterocycles. The lowest BCUT2D eigenvalue weighted by atomic mass is 9.93. The zero-order chi connectivity index (χ0) is 18.2. The molecule has 0 saturated carbocycles. The number of carbonyl (C=O) groups is 2. The van der Waals surface area contributed by atoms with Gasteiger partial charge in [-0.1, -0.05) is 42.5 Å². The SMILES string of the molecule is O=C(COCc1ccccc1)N1CCCN(C(=O)C2CC=CCC2)CC1. The van der Waals surface area contributed by atoms with Gasteiger partial charge in [-0.05, 0) is 31.2 Å². The van der Waals surface area contributed by atoms with Crippen LogP contribution in [0.5, 0.6) is 0 Å². The zero-order valence-electron chi connectivity index (χ0n) is 15.3. The summed E-state index contributed by atoms with van der Waals surface area (Å²) in [6, 6.07) is 9.86. The molecule has 0 spiro atoms. The Morgan fingerprint density at radius 2 is 1.77 bits per heavy atom. The third-order valence-corrected chi connectivity index (χ3v) is 5.12. The Morgan fingerprint density at radius 1 is 1.00 bits per heavy atom. The van der Waals surface area contributed by atoms with Crippen LogP contribution < -0.4 is 0 Å². The summed E-state index contributed by atoms with van der Waals surface area (Å²) < 4.78 is 5.57. The van der Waals surface area contributed by atoms with Gasteiger partial charge in [0.25, 0.3) is 0 Å². The first-order chi connectivity index (χ1) is 12.7. The number of hydrogen-bond acceptors (Lipinski definition) is 3. The summed E-state index contributed by atoms with van der Waals surface area (Å²) in [5, 5.41) is 0. The van der Waals surface area contributed by atoms with E-state index in [2.05, 4.69) is 12.2 Å². The van der Waals surface area contributed by atoms with Gasteiger partial charge in [0, 0.05) is 32.1 Å². The van der Waals surface area contributed by atoms with Crippen molar-refractivity contribution in [3.63, 3.8) is 0 Å². The van der Waals surface area contributed by atoms with Crippen LogP contribution in [-0.2, 0) is 20.9 Å². The first kappa shape index (κ1) is 18.6. The summed E-state index contributed by atoms with van der Waals surface area (Å²) in [5.74, 6) is 0.385. The summed E-state index contributed by atoms with van der Waals surface area (Å²) in [6.45, 7) is 3.21. The second-order valence-corrected chi connectivity index (χ2v) is 7.02. The molecular weight excluding hydrogens is 328 g/mol. The van der Waals surface area contributed by atoms with Gasteiger partial charge in [0.1, 0.15) is 6.61 Å². The molecular formula is C21H28N2O3. The summed E-state index contributed by atoms with van der Waals surface area (Å²) in [5.41, 5.74) is 1.06. The van der Waals surface area contributed by atoms with Crippen LogP contribution in [0, 0.1) is 5.92 Å². The first-order valence-electron chi connectivity index (χ1n) is 9.57. The zero-order valence-corrected chi connectivity index (χ0v) is 15.3. The fraction of sp³-hybridized carbons (Fsp3) is 0.524. The van der Waals surface area contributed by atoms with E-state index in [0.29, 0.717) is 26.2 Å². The number of allylic oxidation sites excluding steroid dienone is 2. The quantitative estimate of drug-likeness (QED) is 0.762. The largest absolute Gasteiger partial charge is 0.367 e. The Kier molecular flexibility index (Phi) is 6.83. The standard InChI is InChI=1S/C21H28N2O3/c24-20(17-26-16-18-8-3-1-4-9-18)22-12-7-13-23(15-14-22)21(25)19-10-5-2-6-11-19/h1-5,8-9,19H,6-7,10-17H2. The maximum Gasteiger partial charge on any atom is 0.248 e. The number of amides is 2. The molecule has 5 nitrogen and oxygen atoms in total. The van der Waals surface area contributed by atoms with E-state index >= 15 is 0 Å². The molecule has 0 radical (unpaired) electrons. The molecule has 1 fully saturated rings. The molecule has 26 heavy (non-hydrogen) atoms. The van der Waals surface area contributed by atoms with Gasteiger partial charge in [0.05, 0.1) is 6.61 Å². The van der Waals surface area contributed by atoms with Crippen LogP contribution in [0.15, 0.2) is 42.5 Å². The Morgan fingerprint density at radius 3 is 2.54 bits per heavy atom. The van der Waals surface area contributed by atoms with E-state index in [4.69, 9.17) is 4.74 Å². The van der Waals surface area contributed by atoms with E-state index in [0.717, 1.165) is 37.8 Å². The fourth-order valence-corrected chi connectivity index (χ4v) is 3.59. The van der Waals surface area contributed by atoms with Gasteiger partial charge < -0.3 is 14.5 Å². The minimum Gasteiger partial charge on any atom is -0.367 e. The van der Waals surface area contributed by atoms with E-state index in [1.54, 1.807) is 0 Å². The van der Waals surface area contributed by atoms with Gasteiger partial charge >= 0.3 is 0 Å². The number of nitrogens with zero attached hydrogens (tertiary/aromatic N) is 2. The molecule has 2 aliphatic rings. The van der Waals surface area contributed by atoms with E-state index in [9.17, 15) is 9.59 Å². The van der Waals surface area contributed by atoms with Crippen molar-refractivity contribution < 1.29 is 14.3 Å². The van der Waals surface area contributed by atoms with Crippen LogP contribution in [-0.4, -0.2) is 54.4 Å². The Hall–Kier alpha value is -2.14. The molecule has 1 aliphatic carbocycles. The maximum absolute atomic E-state index is 12.7. The van der Waals surface area contributed by atoms with Gasteiger partial charge in [-0.25, -0.2) is 0 Å². The molecule has 3 rings (SSSR count). The highest BCUT2D eigenvalue weighted by Gasteiger charge is 2.27. The van der Waals surface area contributed by atoms with Crippen molar-refractivity contribution in [2.75, 3.05) is 32.8 Å². The van der Waals surface area contributed by atoms with Gasteiger partial charge in [0.2, 0.25) is 11.8 Å². The molecule has 2 amide bonds.